The van der Waals surface area contributed by atoms with Gasteiger partial charge in [0, 0.05) is 20.1 Å². The van der Waals surface area contributed by atoms with E-state index < -0.39 is 0 Å². The summed E-state index contributed by atoms with van der Waals surface area (Å²) >= 11 is 0. The molecule has 0 radical (unpaired) electrons. The molecule has 138 valence electrons. The standard InChI is InChI=1S/C20H32N4O/c1-4-16-10-8-9-11-17(16)14-21-20(22-15-19(25)24(2)3)23-18-12-6-5-7-13-18/h8-11,18H,4-7,12-15H2,1-3H3,(H2,21,22,23). The van der Waals surface area contributed by atoms with Gasteiger partial charge in [0.15, 0.2) is 5.96 Å². The second kappa shape index (κ2) is 10.1. The number of amides is 1. The van der Waals surface area contributed by atoms with Crippen LogP contribution in [0.4, 0.5) is 0 Å². The number of carbonyl (C=O) groups is 1. The third-order valence-electron chi connectivity index (χ3n) is 4.76. The molecule has 1 saturated carbocycles. The maximum atomic E-state index is 11.9. The molecule has 0 heterocycles. The number of carbonyl (C=O) groups excluding carboxylic acids is 1. The van der Waals surface area contributed by atoms with Crippen molar-refractivity contribution in [3.63, 3.8) is 0 Å². The first-order chi connectivity index (χ1) is 12.1. The van der Waals surface area contributed by atoms with Crippen molar-refractivity contribution in [1.82, 2.24) is 15.5 Å². The third kappa shape index (κ3) is 6.40. The van der Waals surface area contributed by atoms with Crippen molar-refractivity contribution < 1.29 is 4.79 Å². The Labute approximate surface area is 151 Å². The Morgan fingerprint density at radius 1 is 1.16 bits per heavy atom. The second-order valence-electron chi connectivity index (χ2n) is 6.91. The minimum Gasteiger partial charge on any atom is -0.354 e. The van der Waals surface area contributed by atoms with Gasteiger partial charge in [-0.15, -0.1) is 0 Å². The molecule has 5 heteroatoms. The Balaban J connectivity index is 2.04. The van der Waals surface area contributed by atoms with Crippen LogP contribution in [0.3, 0.4) is 0 Å². The molecule has 0 spiro atoms. The number of likely N-dealkylation sites (N-methyl/N-ethyl adjacent to an activating group) is 1. The molecule has 0 bridgehead atoms. The Bertz CT molecular complexity index is 577. The number of aryl methyl sites for hydroxylation is 1. The van der Waals surface area contributed by atoms with Crippen LogP contribution < -0.4 is 10.6 Å². The highest BCUT2D eigenvalue weighted by atomic mass is 16.2. The molecule has 1 aliphatic rings. The molecule has 1 aromatic carbocycles. The van der Waals surface area contributed by atoms with Crippen LogP contribution in [0.5, 0.6) is 0 Å². The molecule has 1 amide bonds. The molecule has 2 N–H and O–H groups in total. The SMILES string of the molecule is CCc1ccccc1CN=C(NCC(=O)N(C)C)NC1CCCCC1. The van der Waals surface area contributed by atoms with Crippen molar-refractivity contribution in [3.8, 4) is 0 Å². The van der Waals surface area contributed by atoms with Gasteiger partial charge in [-0.2, -0.15) is 0 Å². The van der Waals surface area contributed by atoms with Crippen LogP contribution in [-0.2, 0) is 17.8 Å². The van der Waals surface area contributed by atoms with E-state index in [9.17, 15) is 4.79 Å². The average molecular weight is 345 g/mol. The van der Waals surface area contributed by atoms with E-state index in [4.69, 9.17) is 4.99 Å². The van der Waals surface area contributed by atoms with E-state index in [2.05, 4.69) is 41.8 Å². The van der Waals surface area contributed by atoms with Crippen molar-refractivity contribution >= 4 is 11.9 Å². The predicted octanol–water partition coefficient (Wildman–Crippen LogP) is 2.71. The van der Waals surface area contributed by atoms with Gasteiger partial charge >= 0.3 is 0 Å². The summed E-state index contributed by atoms with van der Waals surface area (Å²) in [5.74, 6) is 0.792. The molecule has 0 unspecified atom stereocenters. The van der Waals surface area contributed by atoms with Gasteiger partial charge in [0.1, 0.15) is 0 Å². The number of hydrogen-bond donors (Lipinski definition) is 2. The molecular weight excluding hydrogens is 312 g/mol. The molecule has 1 aromatic rings. The lowest BCUT2D eigenvalue weighted by Gasteiger charge is -2.25. The molecular formula is C20H32N4O. The zero-order chi connectivity index (χ0) is 18.1. The molecule has 5 nitrogen and oxygen atoms in total. The quantitative estimate of drug-likeness (QED) is 0.616. The van der Waals surface area contributed by atoms with Crippen LogP contribution >= 0.6 is 0 Å². The first-order valence-electron chi connectivity index (χ1n) is 9.42. The van der Waals surface area contributed by atoms with Crippen LogP contribution in [0.25, 0.3) is 0 Å². The van der Waals surface area contributed by atoms with Gasteiger partial charge in [-0.05, 0) is 30.4 Å². The van der Waals surface area contributed by atoms with Crippen molar-refractivity contribution in [2.24, 2.45) is 4.99 Å². The van der Waals surface area contributed by atoms with Crippen LogP contribution in [0.1, 0.15) is 50.2 Å². The zero-order valence-electron chi connectivity index (χ0n) is 15.8. The van der Waals surface area contributed by atoms with E-state index in [1.165, 1.54) is 43.2 Å². The molecule has 0 atom stereocenters. The number of benzene rings is 1. The number of rotatable bonds is 6. The van der Waals surface area contributed by atoms with E-state index in [0.717, 1.165) is 12.4 Å². The smallest absolute Gasteiger partial charge is 0.241 e. The van der Waals surface area contributed by atoms with Crippen LogP contribution in [-0.4, -0.2) is 43.4 Å². The molecule has 25 heavy (non-hydrogen) atoms. The molecule has 0 aromatic heterocycles. The van der Waals surface area contributed by atoms with Gasteiger partial charge in [0.05, 0.1) is 13.1 Å². The van der Waals surface area contributed by atoms with Gasteiger partial charge in [0.2, 0.25) is 5.91 Å². The van der Waals surface area contributed by atoms with Gasteiger partial charge in [-0.25, -0.2) is 4.99 Å². The fraction of sp³-hybridized carbons (Fsp3) is 0.600. The highest BCUT2D eigenvalue weighted by Crippen LogP contribution is 2.17. The Morgan fingerprint density at radius 2 is 1.84 bits per heavy atom. The van der Waals surface area contributed by atoms with Crippen molar-refractivity contribution in [3.05, 3.63) is 35.4 Å². The lowest BCUT2D eigenvalue weighted by Crippen LogP contribution is -2.47. The zero-order valence-corrected chi connectivity index (χ0v) is 15.8. The normalized spacial score (nSPS) is 15.7. The molecule has 0 aliphatic heterocycles. The molecule has 1 aliphatic carbocycles. The number of nitrogens with one attached hydrogen (secondary N) is 2. The summed E-state index contributed by atoms with van der Waals surface area (Å²) in [6.45, 7) is 3.06. The van der Waals surface area contributed by atoms with E-state index >= 15 is 0 Å². The number of aliphatic imine (C=N–C) groups is 1. The third-order valence-corrected chi connectivity index (χ3v) is 4.76. The summed E-state index contributed by atoms with van der Waals surface area (Å²) in [7, 11) is 3.54. The average Bonchev–Trinajstić information content (AvgIpc) is 2.64. The van der Waals surface area contributed by atoms with E-state index in [-0.39, 0.29) is 12.5 Å². The van der Waals surface area contributed by atoms with Gasteiger partial charge in [0.25, 0.3) is 0 Å². The van der Waals surface area contributed by atoms with E-state index in [0.29, 0.717) is 12.6 Å². The monoisotopic (exact) mass is 344 g/mol. The lowest BCUT2D eigenvalue weighted by molar-refractivity contribution is -0.127. The summed E-state index contributed by atoms with van der Waals surface area (Å²) in [4.78, 5) is 18.2. The topological polar surface area (TPSA) is 56.7 Å². The second-order valence-corrected chi connectivity index (χ2v) is 6.91. The van der Waals surface area contributed by atoms with Crippen LogP contribution in [0, 0.1) is 0 Å². The fourth-order valence-corrected chi connectivity index (χ4v) is 3.13. The summed E-state index contributed by atoms with van der Waals surface area (Å²) in [6.07, 6.45) is 7.20. The Kier molecular flexibility index (Phi) is 7.76. The molecule has 1 fully saturated rings. The maximum absolute atomic E-state index is 11.9. The Morgan fingerprint density at radius 3 is 2.48 bits per heavy atom. The number of guanidine groups is 1. The van der Waals surface area contributed by atoms with Crippen molar-refractivity contribution in [1.29, 1.82) is 0 Å². The minimum absolute atomic E-state index is 0.0482. The Hall–Kier alpha value is -2.04. The molecule has 0 saturated heterocycles. The molecule has 2 rings (SSSR count). The highest BCUT2D eigenvalue weighted by Gasteiger charge is 2.15. The summed E-state index contributed by atoms with van der Waals surface area (Å²) < 4.78 is 0. The summed E-state index contributed by atoms with van der Waals surface area (Å²) in [6, 6.07) is 8.87. The minimum atomic E-state index is 0.0482. The first-order valence-corrected chi connectivity index (χ1v) is 9.42. The first kappa shape index (κ1) is 19.3. The van der Waals surface area contributed by atoms with Crippen LogP contribution in [0.15, 0.2) is 29.3 Å². The van der Waals surface area contributed by atoms with Gasteiger partial charge in [-0.3, -0.25) is 4.79 Å². The van der Waals surface area contributed by atoms with Gasteiger partial charge < -0.3 is 15.5 Å². The highest BCUT2D eigenvalue weighted by molar-refractivity contribution is 5.86. The van der Waals surface area contributed by atoms with E-state index in [1.54, 1.807) is 19.0 Å². The largest absolute Gasteiger partial charge is 0.354 e. The van der Waals surface area contributed by atoms with E-state index in [1.807, 2.05) is 0 Å². The van der Waals surface area contributed by atoms with Crippen LogP contribution in [0.2, 0.25) is 0 Å². The van der Waals surface area contributed by atoms with Gasteiger partial charge in [-0.1, -0.05) is 50.5 Å². The fourth-order valence-electron chi connectivity index (χ4n) is 3.13. The summed E-state index contributed by atoms with van der Waals surface area (Å²) in [5.41, 5.74) is 2.57. The predicted molar refractivity (Wildman–Crippen MR) is 104 cm³/mol. The maximum Gasteiger partial charge on any atom is 0.241 e. The summed E-state index contributed by atoms with van der Waals surface area (Å²) in [5, 5.41) is 6.73. The van der Waals surface area contributed by atoms with Crippen molar-refractivity contribution in [2.45, 2.75) is 58.0 Å². The van der Waals surface area contributed by atoms with Crippen molar-refractivity contribution in [2.75, 3.05) is 20.6 Å². The number of nitrogens with zero attached hydrogens (tertiary/aromatic N) is 2. The number of hydrogen-bond acceptors (Lipinski definition) is 2. The lowest BCUT2D eigenvalue weighted by atomic mass is 9.96.